The Bertz CT molecular complexity index is 430. The molecule has 0 aromatic carbocycles. The fourth-order valence-corrected chi connectivity index (χ4v) is 2.72. The van der Waals surface area contributed by atoms with Gasteiger partial charge >= 0.3 is 7.05 Å². The van der Waals surface area contributed by atoms with Gasteiger partial charge in [-0.15, -0.1) is 0 Å². The van der Waals surface area contributed by atoms with Gasteiger partial charge in [-0.3, -0.25) is 0 Å². The van der Waals surface area contributed by atoms with Crippen LogP contribution in [0.2, 0.25) is 12.0 Å². The van der Waals surface area contributed by atoms with Crippen molar-refractivity contribution in [1.29, 1.82) is 0 Å². The molecule has 2 N–H and O–H groups in total. The van der Waals surface area contributed by atoms with Gasteiger partial charge in [0.05, 0.1) is 0 Å². The summed E-state index contributed by atoms with van der Waals surface area (Å²) >= 11 is 5.97. The van der Waals surface area contributed by atoms with Gasteiger partial charge in [-0.2, -0.15) is 0 Å². The van der Waals surface area contributed by atoms with E-state index in [1.807, 2.05) is 19.1 Å². The lowest BCUT2D eigenvalue weighted by Gasteiger charge is -2.34. The van der Waals surface area contributed by atoms with Crippen LogP contribution in [0.15, 0.2) is 12.3 Å². The van der Waals surface area contributed by atoms with Gasteiger partial charge in [0.2, 0.25) is 0 Å². The van der Waals surface area contributed by atoms with Crippen LogP contribution in [-0.4, -0.2) is 41.0 Å². The number of pyridine rings is 1. The van der Waals surface area contributed by atoms with Crippen LogP contribution in [0.25, 0.3) is 0 Å². The second kappa shape index (κ2) is 6.59. The standard InChI is InChI=1S/C13H21BClN3O/c1-3-10-8-16-13(15)7-12(10)17-11-5-4-6-18(9-11)14(2)19/h7-8,11,19H,3-6,9H2,1-2H3,(H,16,17)/t11-/m0/s1. The average Bonchev–Trinajstić information content (AvgIpc) is 2.39. The van der Waals surface area contributed by atoms with Crippen molar-refractivity contribution in [3.8, 4) is 0 Å². The first-order valence-corrected chi connectivity index (χ1v) is 7.31. The number of hydrogen-bond donors (Lipinski definition) is 2. The Hall–Kier alpha value is -0.775. The highest BCUT2D eigenvalue weighted by Crippen LogP contribution is 2.22. The van der Waals surface area contributed by atoms with E-state index in [1.54, 1.807) is 0 Å². The Morgan fingerprint density at radius 3 is 3.11 bits per heavy atom. The molecule has 0 bridgehead atoms. The molecule has 0 saturated carbocycles. The molecule has 6 heteroatoms. The summed E-state index contributed by atoms with van der Waals surface area (Å²) in [5.74, 6) is 0. The van der Waals surface area contributed by atoms with Crippen LogP contribution in [0.5, 0.6) is 0 Å². The van der Waals surface area contributed by atoms with Gasteiger partial charge in [0.1, 0.15) is 5.15 Å². The van der Waals surface area contributed by atoms with Crippen molar-refractivity contribution in [3.05, 3.63) is 23.0 Å². The SMILES string of the molecule is CCc1cnc(Cl)cc1N[C@H]1CCCN(B(C)O)C1. The molecule has 1 saturated heterocycles. The van der Waals surface area contributed by atoms with Gasteiger partial charge in [-0.25, -0.2) is 4.98 Å². The molecule has 1 aromatic rings. The maximum atomic E-state index is 9.67. The third-order valence-corrected chi connectivity index (χ3v) is 3.88. The van der Waals surface area contributed by atoms with Crippen molar-refractivity contribution < 1.29 is 5.02 Å². The van der Waals surface area contributed by atoms with Crippen LogP contribution in [0, 0.1) is 0 Å². The maximum Gasteiger partial charge on any atom is 0.376 e. The molecule has 1 aliphatic heterocycles. The first-order chi connectivity index (χ1) is 9.10. The number of nitrogens with one attached hydrogen (secondary N) is 1. The lowest BCUT2D eigenvalue weighted by molar-refractivity contribution is 0.295. The Balaban J connectivity index is 2.06. The lowest BCUT2D eigenvalue weighted by Crippen LogP contribution is -2.48. The number of aromatic nitrogens is 1. The molecule has 104 valence electrons. The van der Waals surface area contributed by atoms with Crippen molar-refractivity contribution in [2.75, 3.05) is 18.4 Å². The molecular formula is C13H21BClN3O. The van der Waals surface area contributed by atoms with Crippen LogP contribution in [0.3, 0.4) is 0 Å². The smallest absolute Gasteiger partial charge is 0.376 e. The molecule has 1 aromatic heterocycles. The van der Waals surface area contributed by atoms with Gasteiger partial charge in [0.25, 0.3) is 0 Å². The summed E-state index contributed by atoms with van der Waals surface area (Å²) < 4.78 is 0. The second-order valence-corrected chi connectivity index (χ2v) is 5.52. The van der Waals surface area contributed by atoms with E-state index in [2.05, 4.69) is 22.0 Å². The number of nitrogens with zero attached hydrogens (tertiary/aromatic N) is 2. The van der Waals surface area contributed by atoms with Crippen LogP contribution >= 0.6 is 11.6 Å². The summed E-state index contributed by atoms with van der Waals surface area (Å²) in [6.45, 7) is 5.76. The van der Waals surface area contributed by atoms with Crippen molar-refractivity contribution in [1.82, 2.24) is 9.79 Å². The summed E-state index contributed by atoms with van der Waals surface area (Å²) in [4.78, 5) is 6.21. The maximum absolute atomic E-state index is 9.67. The quantitative estimate of drug-likeness (QED) is 0.657. The summed E-state index contributed by atoms with van der Waals surface area (Å²) in [7, 11) is -0.378. The van der Waals surface area contributed by atoms with Crippen LogP contribution in [0.4, 0.5) is 5.69 Å². The molecule has 0 spiro atoms. The number of hydrogen-bond acceptors (Lipinski definition) is 4. The van der Waals surface area contributed by atoms with E-state index in [-0.39, 0.29) is 7.05 Å². The number of piperidine rings is 1. The fraction of sp³-hybridized carbons (Fsp3) is 0.615. The molecule has 0 amide bonds. The molecule has 2 heterocycles. The molecular weight excluding hydrogens is 260 g/mol. The normalized spacial score (nSPS) is 20.3. The average molecular weight is 282 g/mol. The molecule has 0 unspecified atom stereocenters. The molecule has 1 aliphatic rings. The highest BCUT2D eigenvalue weighted by atomic mass is 35.5. The van der Waals surface area contributed by atoms with E-state index in [1.165, 1.54) is 5.56 Å². The zero-order valence-corrected chi connectivity index (χ0v) is 12.3. The Labute approximate surface area is 120 Å². The first kappa shape index (κ1) is 14.6. The van der Waals surface area contributed by atoms with Gasteiger partial charge < -0.3 is 15.2 Å². The summed E-state index contributed by atoms with van der Waals surface area (Å²) in [6.07, 6.45) is 4.98. The summed E-state index contributed by atoms with van der Waals surface area (Å²) in [6, 6.07) is 2.24. The van der Waals surface area contributed by atoms with Crippen molar-refractivity contribution in [3.63, 3.8) is 0 Å². The largest absolute Gasteiger partial charge is 0.437 e. The van der Waals surface area contributed by atoms with Crippen molar-refractivity contribution >= 4 is 24.3 Å². The molecule has 19 heavy (non-hydrogen) atoms. The molecule has 2 rings (SSSR count). The number of aryl methyl sites for hydroxylation is 1. The zero-order valence-electron chi connectivity index (χ0n) is 11.6. The molecule has 4 nitrogen and oxygen atoms in total. The van der Waals surface area contributed by atoms with E-state index in [9.17, 15) is 5.02 Å². The predicted molar refractivity (Wildman–Crippen MR) is 80.7 cm³/mol. The lowest BCUT2D eigenvalue weighted by atomic mass is 9.82. The molecule has 1 fully saturated rings. The minimum atomic E-state index is -0.378. The van der Waals surface area contributed by atoms with E-state index in [4.69, 9.17) is 11.6 Å². The number of rotatable bonds is 4. The third-order valence-electron chi connectivity index (χ3n) is 3.67. The highest BCUT2D eigenvalue weighted by Gasteiger charge is 2.25. The molecule has 0 aliphatic carbocycles. The Morgan fingerprint density at radius 2 is 2.42 bits per heavy atom. The number of halogens is 1. The second-order valence-electron chi connectivity index (χ2n) is 5.13. The van der Waals surface area contributed by atoms with Crippen LogP contribution < -0.4 is 5.32 Å². The van der Waals surface area contributed by atoms with Crippen LogP contribution in [0.1, 0.15) is 25.3 Å². The van der Waals surface area contributed by atoms with Gasteiger partial charge in [0.15, 0.2) is 0 Å². The minimum absolute atomic E-state index is 0.354. The summed E-state index contributed by atoms with van der Waals surface area (Å²) in [5, 5.41) is 13.7. The first-order valence-electron chi connectivity index (χ1n) is 6.93. The summed E-state index contributed by atoms with van der Waals surface area (Å²) in [5.41, 5.74) is 2.25. The van der Waals surface area contributed by atoms with Crippen molar-refractivity contribution in [2.45, 2.75) is 39.1 Å². The monoisotopic (exact) mass is 281 g/mol. The Kier molecular flexibility index (Phi) is 5.08. The molecule has 0 radical (unpaired) electrons. The van der Waals surface area contributed by atoms with E-state index < -0.39 is 0 Å². The predicted octanol–water partition coefficient (Wildman–Crippen LogP) is 2.28. The van der Waals surface area contributed by atoms with Crippen molar-refractivity contribution in [2.24, 2.45) is 0 Å². The van der Waals surface area contributed by atoms with E-state index >= 15 is 0 Å². The van der Waals surface area contributed by atoms with Gasteiger partial charge in [0, 0.05) is 24.5 Å². The van der Waals surface area contributed by atoms with E-state index in [0.717, 1.165) is 38.0 Å². The fourth-order valence-electron chi connectivity index (χ4n) is 2.56. The Morgan fingerprint density at radius 1 is 1.63 bits per heavy atom. The van der Waals surface area contributed by atoms with Gasteiger partial charge in [-0.05, 0) is 44.3 Å². The van der Waals surface area contributed by atoms with Gasteiger partial charge in [-0.1, -0.05) is 18.5 Å². The number of anilines is 1. The minimum Gasteiger partial charge on any atom is -0.437 e. The zero-order chi connectivity index (χ0) is 13.8. The molecule has 1 atom stereocenters. The topological polar surface area (TPSA) is 48.4 Å². The highest BCUT2D eigenvalue weighted by molar-refractivity contribution is 6.45. The van der Waals surface area contributed by atoms with E-state index in [0.29, 0.717) is 11.2 Å². The van der Waals surface area contributed by atoms with Crippen LogP contribution in [-0.2, 0) is 6.42 Å². The third kappa shape index (κ3) is 3.84.